The lowest BCUT2D eigenvalue weighted by atomic mass is 10.0. The largest absolute Gasteiger partial charge is 0.298 e. The summed E-state index contributed by atoms with van der Waals surface area (Å²) < 4.78 is 0. The molecule has 18 heavy (non-hydrogen) atoms. The Hall–Kier alpha value is -1.22. The minimum Gasteiger partial charge on any atom is -0.298 e. The fourth-order valence-electron chi connectivity index (χ4n) is 2.60. The van der Waals surface area contributed by atoms with Crippen molar-refractivity contribution in [2.45, 2.75) is 39.2 Å². The monoisotopic (exact) mass is 246 g/mol. The second-order valence-electron chi connectivity index (χ2n) is 5.07. The molecule has 1 aromatic rings. The molecule has 0 radical (unpaired) electrons. The second-order valence-corrected chi connectivity index (χ2v) is 5.07. The number of hydrogen-bond donors (Lipinski definition) is 0. The smallest absolute Gasteiger partial charge is 0.149 e. The van der Waals surface area contributed by atoms with Gasteiger partial charge in [-0.15, -0.1) is 0 Å². The molecule has 98 valence electrons. The van der Waals surface area contributed by atoms with Gasteiger partial charge in [0.05, 0.1) is 12.2 Å². The fraction of sp³-hybridized carbons (Fsp3) is 0.600. The molecule has 0 bridgehead atoms. The first-order valence-electron chi connectivity index (χ1n) is 6.94. The van der Waals surface area contributed by atoms with Crippen molar-refractivity contribution in [3.63, 3.8) is 0 Å². The van der Waals surface area contributed by atoms with Crippen LogP contribution in [0.2, 0.25) is 0 Å². The van der Waals surface area contributed by atoms with Crippen LogP contribution in [0.25, 0.3) is 0 Å². The normalized spacial score (nSPS) is 16.3. The molecule has 0 atom stereocenters. The lowest BCUT2D eigenvalue weighted by Gasteiger charge is -2.20. The summed E-state index contributed by atoms with van der Waals surface area (Å²) in [5, 5.41) is 0. The molecule has 0 saturated heterocycles. The number of ketones is 1. The molecular formula is C15H22N2O. The maximum atomic E-state index is 12.1. The van der Waals surface area contributed by atoms with Crippen LogP contribution in [-0.4, -0.2) is 28.8 Å². The van der Waals surface area contributed by atoms with Crippen LogP contribution in [0.3, 0.4) is 0 Å². The van der Waals surface area contributed by atoms with E-state index in [1.165, 1.54) is 12.8 Å². The highest BCUT2D eigenvalue weighted by Crippen LogP contribution is 2.25. The van der Waals surface area contributed by atoms with Gasteiger partial charge in [-0.05, 0) is 31.5 Å². The summed E-state index contributed by atoms with van der Waals surface area (Å²) in [6, 6.07) is 5.93. The van der Waals surface area contributed by atoms with Crippen LogP contribution in [0, 0.1) is 5.92 Å². The van der Waals surface area contributed by atoms with Crippen molar-refractivity contribution in [1.82, 2.24) is 9.88 Å². The standard InChI is InChI=1S/C15H22N2O/c1-2-17(11-14-9-5-6-10-16-14)12-15(18)13-7-3-4-8-13/h5-6,9-10,13H,2-4,7-8,11-12H2,1H3. The highest BCUT2D eigenvalue weighted by molar-refractivity contribution is 5.83. The number of likely N-dealkylation sites (N-methyl/N-ethyl adjacent to an activating group) is 1. The van der Waals surface area contributed by atoms with Crippen LogP contribution < -0.4 is 0 Å². The van der Waals surface area contributed by atoms with Gasteiger partial charge in [0.2, 0.25) is 0 Å². The van der Waals surface area contributed by atoms with Gasteiger partial charge in [-0.1, -0.05) is 25.8 Å². The summed E-state index contributed by atoms with van der Waals surface area (Å²) in [5.74, 6) is 0.744. The molecule has 1 fully saturated rings. The fourth-order valence-corrected chi connectivity index (χ4v) is 2.60. The van der Waals surface area contributed by atoms with E-state index in [1.807, 2.05) is 24.4 Å². The molecule has 0 spiro atoms. The van der Waals surface area contributed by atoms with E-state index in [-0.39, 0.29) is 0 Å². The first-order chi connectivity index (χ1) is 8.79. The number of carbonyl (C=O) groups is 1. The van der Waals surface area contributed by atoms with Gasteiger partial charge in [0, 0.05) is 18.7 Å². The third-order valence-electron chi connectivity index (χ3n) is 3.75. The van der Waals surface area contributed by atoms with Gasteiger partial charge in [0.1, 0.15) is 5.78 Å². The molecule has 0 N–H and O–H groups in total. The van der Waals surface area contributed by atoms with Crippen molar-refractivity contribution in [3.05, 3.63) is 30.1 Å². The van der Waals surface area contributed by atoms with Gasteiger partial charge in [0.15, 0.2) is 0 Å². The molecule has 0 unspecified atom stereocenters. The van der Waals surface area contributed by atoms with E-state index in [1.54, 1.807) is 0 Å². The van der Waals surface area contributed by atoms with Crippen molar-refractivity contribution in [3.8, 4) is 0 Å². The number of aromatic nitrogens is 1. The molecule has 1 heterocycles. The predicted octanol–water partition coefficient (Wildman–Crippen LogP) is 2.66. The van der Waals surface area contributed by atoms with Crippen LogP contribution in [0.15, 0.2) is 24.4 Å². The average Bonchev–Trinajstić information content (AvgIpc) is 2.93. The van der Waals surface area contributed by atoms with Crippen molar-refractivity contribution >= 4 is 5.78 Å². The van der Waals surface area contributed by atoms with Gasteiger partial charge in [-0.25, -0.2) is 0 Å². The summed E-state index contributed by atoms with van der Waals surface area (Å²) >= 11 is 0. The van der Waals surface area contributed by atoms with Gasteiger partial charge < -0.3 is 0 Å². The Bertz CT molecular complexity index is 371. The Balaban J connectivity index is 1.87. The minimum atomic E-state index is 0.322. The summed E-state index contributed by atoms with van der Waals surface area (Å²) in [6.45, 7) is 4.35. The first kappa shape index (κ1) is 13.2. The van der Waals surface area contributed by atoms with E-state index in [9.17, 15) is 4.79 Å². The van der Waals surface area contributed by atoms with Gasteiger partial charge in [0.25, 0.3) is 0 Å². The number of hydrogen-bond acceptors (Lipinski definition) is 3. The molecule has 1 aliphatic carbocycles. The lowest BCUT2D eigenvalue weighted by molar-refractivity contribution is -0.123. The zero-order valence-electron chi connectivity index (χ0n) is 11.1. The van der Waals surface area contributed by atoms with Crippen molar-refractivity contribution < 1.29 is 4.79 Å². The SMILES string of the molecule is CCN(CC(=O)C1CCCC1)Cc1ccccn1. The third-order valence-corrected chi connectivity index (χ3v) is 3.75. The zero-order valence-corrected chi connectivity index (χ0v) is 11.1. The Morgan fingerprint density at radius 2 is 2.17 bits per heavy atom. The van der Waals surface area contributed by atoms with E-state index >= 15 is 0 Å². The van der Waals surface area contributed by atoms with Crippen LogP contribution >= 0.6 is 0 Å². The van der Waals surface area contributed by atoms with Crippen LogP contribution in [0.5, 0.6) is 0 Å². The summed E-state index contributed by atoms with van der Waals surface area (Å²) in [7, 11) is 0. The Labute approximate surface area is 109 Å². The minimum absolute atomic E-state index is 0.322. The lowest BCUT2D eigenvalue weighted by Crippen LogP contribution is -2.32. The number of pyridine rings is 1. The molecule has 0 aliphatic heterocycles. The first-order valence-corrected chi connectivity index (χ1v) is 6.94. The average molecular weight is 246 g/mol. The number of rotatable bonds is 6. The van der Waals surface area contributed by atoms with E-state index in [2.05, 4.69) is 16.8 Å². The summed E-state index contributed by atoms with van der Waals surface area (Å²) in [4.78, 5) is 18.6. The second kappa shape index (κ2) is 6.64. The van der Waals surface area contributed by atoms with Gasteiger partial charge in [-0.2, -0.15) is 0 Å². The molecular weight excluding hydrogens is 224 g/mol. The molecule has 3 heteroatoms. The molecule has 1 aromatic heterocycles. The maximum Gasteiger partial charge on any atom is 0.149 e. The van der Waals surface area contributed by atoms with E-state index in [0.29, 0.717) is 18.2 Å². The van der Waals surface area contributed by atoms with Crippen LogP contribution in [0.1, 0.15) is 38.3 Å². The van der Waals surface area contributed by atoms with Crippen LogP contribution in [0.4, 0.5) is 0 Å². The highest BCUT2D eigenvalue weighted by atomic mass is 16.1. The Morgan fingerprint density at radius 3 is 2.78 bits per heavy atom. The Kier molecular flexibility index (Phi) is 4.88. The van der Waals surface area contributed by atoms with Gasteiger partial charge >= 0.3 is 0 Å². The van der Waals surface area contributed by atoms with E-state index in [4.69, 9.17) is 0 Å². The molecule has 1 aliphatic rings. The van der Waals surface area contributed by atoms with E-state index < -0.39 is 0 Å². The van der Waals surface area contributed by atoms with Crippen molar-refractivity contribution in [2.24, 2.45) is 5.92 Å². The number of carbonyl (C=O) groups excluding carboxylic acids is 1. The molecule has 0 amide bonds. The molecule has 3 nitrogen and oxygen atoms in total. The van der Waals surface area contributed by atoms with Crippen LogP contribution in [-0.2, 0) is 11.3 Å². The maximum absolute atomic E-state index is 12.1. The zero-order chi connectivity index (χ0) is 12.8. The number of Topliss-reactive ketones (excluding diaryl/α,β-unsaturated/α-hetero) is 1. The Morgan fingerprint density at radius 1 is 1.39 bits per heavy atom. The predicted molar refractivity (Wildman–Crippen MR) is 72.2 cm³/mol. The highest BCUT2D eigenvalue weighted by Gasteiger charge is 2.23. The summed E-state index contributed by atoms with van der Waals surface area (Å²) in [5.41, 5.74) is 1.04. The van der Waals surface area contributed by atoms with Gasteiger partial charge in [-0.3, -0.25) is 14.7 Å². The third kappa shape index (κ3) is 3.64. The molecule has 1 saturated carbocycles. The van der Waals surface area contributed by atoms with Crippen molar-refractivity contribution in [2.75, 3.05) is 13.1 Å². The molecule has 0 aromatic carbocycles. The number of nitrogens with zero attached hydrogens (tertiary/aromatic N) is 2. The topological polar surface area (TPSA) is 33.2 Å². The van der Waals surface area contributed by atoms with Crippen molar-refractivity contribution in [1.29, 1.82) is 0 Å². The van der Waals surface area contributed by atoms with E-state index in [0.717, 1.165) is 31.6 Å². The quantitative estimate of drug-likeness (QED) is 0.773. The summed E-state index contributed by atoms with van der Waals surface area (Å²) in [6.07, 6.45) is 6.45. The molecule has 2 rings (SSSR count).